The molecule has 10 heteroatoms. The second-order valence-corrected chi connectivity index (χ2v) is 11.0. The average molecular weight is 580 g/mol. The summed E-state index contributed by atoms with van der Waals surface area (Å²) in [7, 11) is 1.89. The van der Waals surface area contributed by atoms with Crippen molar-refractivity contribution >= 4 is 34.5 Å². The molecule has 0 bridgehead atoms. The summed E-state index contributed by atoms with van der Waals surface area (Å²) in [6.45, 7) is 12.6. The highest BCUT2D eigenvalue weighted by Gasteiger charge is 2.20. The van der Waals surface area contributed by atoms with Crippen LogP contribution in [0.25, 0.3) is 11.0 Å². The Morgan fingerprint density at radius 1 is 0.976 bits per heavy atom. The third-order valence-electron chi connectivity index (χ3n) is 6.42. The molecule has 1 atom stereocenters. The van der Waals surface area contributed by atoms with E-state index in [1.807, 2.05) is 31.3 Å². The molecule has 0 spiro atoms. The Morgan fingerprint density at radius 3 is 2.33 bits per heavy atom. The number of anilines is 2. The van der Waals surface area contributed by atoms with Gasteiger partial charge in [0.15, 0.2) is 0 Å². The first-order chi connectivity index (χ1) is 20.1. The molecule has 0 aliphatic rings. The van der Waals surface area contributed by atoms with Gasteiger partial charge >= 0.3 is 5.97 Å². The number of aromatic nitrogens is 3. The van der Waals surface area contributed by atoms with Crippen LogP contribution in [0.15, 0.2) is 42.6 Å². The molecule has 2 aromatic heterocycles. The highest BCUT2D eigenvalue weighted by atomic mass is 16.4. The fourth-order valence-electron chi connectivity index (χ4n) is 4.31. The zero-order valence-electron chi connectivity index (χ0n) is 26.1. The van der Waals surface area contributed by atoms with E-state index in [4.69, 9.17) is 4.98 Å². The average Bonchev–Trinajstić information content (AvgIpc) is 2.96. The van der Waals surface area contributed by atoms with Crippen LogP contribution in [0.4, 0.5) is 11.6 Å². The van der Waals surface area contributed by atoms with Crippen LogP contribution in [0.5, 0.6) is 0 Å². The first kappa shape index (κ1) is 34.4. The molecule has 3 aromatic rings. The number of benzene rings is 1. The van der Waals surface area contributed by atoms with Gasteiger partial charge in [-0.15, -0.1) is 0 Å². The Bertz CT molecular complexity index is 1250. The smallest absolute Gasteiger partial charge is 0.326 e. The maximum Gasteiger partial charge on any atom is 0.326 e. The minimum atomic E-state index is -0.941. The molecule has 2 heterocycles. The van der Waals surface area contributed by atoms with Crippen LogP contribution in [-0.2, 0) is 22.4 Å². The summed E-state index contributed by atoms with van der Waals surface area (Å²) < 4.78 is 0. The SMILES string of the molecule is CC(C)C.CCc1ccc(CCCCN(CCNC(C)=O)CCC(Nc2cnc3ccccc3n2)C(=O)O)nc1NC. The summed E-state index contributed by atoms with van der Waals surface area (Å²) in [6.07, 6.45) is 5.66. The number of aliphatic carboxylic acids is 1. The van der Waals surface area contributed by atoms with Crippen LogP contribution >= 0.6 is 0 Å². The Morgan fingerprint density at radius 2 is 1.69 bits per heavy atom. The van der Waals surface area contributed by atoms with E-state index in [9.17, 15) is 14.7 Å². The minimum Gasteiger partial charge on any atom is -0.480 e. The second-order valence-electron chi connectivity index (χ2n) is 11.0. The summed E-state index contributed by atoms with van der Waals surface area (Å²) in [6, 6.07) is 10.9. The van der Waals surface area contributed by atoms with Crippen molar-refractivity contribution in [2.24, 2.45) is 5.92 Å². The van der Waals surface area contributed by atoms with E-state index >= 15 is 0 Å². The number of nitrogens with one attached hydrogen (secondary N) is 3. The fraction of sp³-hybridized carbons (Fsp3) is 0.531. The molecule has 10 nitrogen and oxygen atoms in total. The summed E-state index contributed by atoms with van der Waals surface area (Å²) >= 11 is 0. The number of aryl methyl sites for hydroxylation is 2. The molecule has 0 aliphatic heterocycles. The van der Waals surface area contributed by atoms with Crippen molar-refractivity contribution in [3.63, 3.8) is 0 Å². The standard InChI is InChI=1S/C28H39N7O3.C4H10/c1-4-21-12-13-22(32-27(21)29-3)9-7-8-16-35(18-15-30-20(2)36)17-14-25(28(37)38)34-26-19-31-23-10-5-6-11-24(23)33-26;1-4(2)3/h5-6,10-13,19,25H,4,7-9,14-18H2,1-3H3,(H,29,32)(H,30,36)(H,33,34)(H,37,38);4H,1-3H3. The van der Waals surface area contributed by atoms with Crippen LogP contribution < -0.4 is 16.0 Å². The lowest BCUT2D eigenvalue weighted by Gasteiger charge is -2.24. The van der Waals surface area contributed by atoms with Crippen molar-refractivity contribution < 1.29 is 14.7 Å². The number of carbonyl (C=O) groups is 2. The van der Waals surface area contributed by atoms with Gasteiger partial charge in [0.1, 0.15) is 17.7 Å². The van der Waals surface area contributed by atoms with Crippen molar-refractivity contribution in [3.05, 3.63) is 53.9 Å². The van der Waals surface area contributed by atoms with Crippen LogP contribution in [0.3, 0.4) is 0 Å². The number of pyridine rings is 1. The molecule has 1 aromatic carbocycles. The van der Waals surface area contributed by atoms with Gasteiger partial charge in [-0.05, 0) is 68.3 Å². The quantitative estimate of drug-likeness (QED) is 0.173. The summed E-state index contributed by atoms with van der Waals surface area (Å²) in [5.41, 5.74) is 3.73. The number of fused-ring (bicyclic) bond motifs is 1. The highest BCUT2D eigenvalue weighted by molar-refractivity contribution is 5.79. The summed E-state index contributed by atoms with van der Waals surface area (Å²) in [5, 5.41) is 18.9. The van der Waals surface area contributed by atoms with Crippen LogP contribution in [0.1, 0.15) is 65.1 Å². The monoisotopic (exact) mass is 579 g/mol. The first-order valence-electron chi connectivity index (χ1n) is 15.0. The van der Waals surface area contributed by atoms with Gasteiger partial charge in [-0.2, -0.15) is 0 Å². The van der Waals surface area contributed by atoms with Crippen molar-refractivity contribution in [1.82, 2.24) is 25.2 Å². The van der Waals surface area contributed by atoms with Gasteiger partial charge in [-0.25, -0.2) is 14.8 Å². The van der Waals surface area contributed by atoms with Gasteiger partial charge in [0.2, 0.25) is 5.91 Å². The number of amides is 1. The van der Waals surface area contributed by atoms with E-state index in [0.29, 0.717) is 37.4 Å². The molecule has 0 saturated heterocycles. The molecular weight excluding hydrogens is 530 g/mol. The van der Waals surface area contributed by atoms with E-state index in [1.54, 1.807) is 6.20 Å². The number of nitrogens with zero attached hydrogens (tertiary/aromatic N) is 4. The molecule has 1 unspecified atom stereocenters. The number of carbonyl (C=O) groups excluding carboxylic acids is 1. The van der Waals surface area contributed by atoms with Crippen LogP contribution in [0.2, 0.25) is 0 Å². The Hall–Kier alpha value is -3.79. The minimum absolute atomic E-state index is 0.0770. The number of carboxylic acid groups (broad SMARTS) is 1. The molecule has 42 heavy (non-hydrogen) atoms. The highest BCUT2D eigenvalue weighted by Crippen LogP contribution is 2.16. The predicted molar refractivity (Wildman–Crippen MR) is 171 cm³/mol. The molecule has 230 valence electrons. The number of para-hydroxylation sites is 2. The van der Waals surface area contributed by atoms with E-state index in [2.05, 4.69) is 70.6 Å². The second kappa shape index (κ2) is 18.6. The van der Waals surface area contributed by atoms with Gasteiger partial charge in [0.05, 0.1) is 17.2 Å². The van der Waals surface area contributed by atoms with Crippen molar-refractivity contribution in [2.75, 3.05) is 43.9 Å². The van der Waals surface area contributed by atoms with Gasteiger partial charge < -0.3 is 26.0 Å². The van der Waals surface area contributed by atoms with Crippen molar-refractivity contribution in [3.8, 4) is 0 Å². The lowest BCUT2D eigenvalue weighted by Crippen LogP contribution is -2.39. The van der Waals surface area contributed by atoms with E-state index in [1.165, 1.54) is 12.5 Å². The van der Waals surface area contributed by atoms with Gasteiger partial charge in [0.25, 0.3) is 0 Å². The zero-order valence-corrected chi connectivity index (χ0v) is 26.1. The third-order valence-corrected chi connectivity index (χ3v) is 6.42. The van der Waals surface area contributed by atoms with Gasteiger partial charge in [0, 0.05) is 39.3 Å². The molecule has 0 saturated carbocycles. The maximum atomic E-state index is 12.0. The lowest BCUT2D eigenvalue weighted by atomic mass is 10.1. The molecule has 0 fully saturated rings. The number of unbranched alkanes of at least 4 members (excludes halogenated alkanes) is 1. The number of rotatable bonds is 16. The molecule has 1 amide bonds. The molecule has 4 N–H and O–H groups in total. The lowest BCUT2D eigenvalue weighted by molar-refractivity contribution is -0.138. The van der Waals surface area contributed by atoms with Crippen molar-refractivity contribution in [2.45, 2.75) is 72.8 Å². The van der Waals surface area contributed by atoms with E-state index < -0.39 is 12.0 Å². The topological polar surface area (TPSA) is 132 Å². The molecule has 0 radical (unpaired) electrons. The predicted octanol–water partition coefficient (Wildman–Crippen LogP) is 5.01. The largest absolute Gasteiger partial charge is 0.480 e. The Balaban J connectivity index is 0.00000144. The zero-order chi connectivity index (χ0) is 30.9. The molecule has 0 aliphatic carbocycles. The number of hydrogen-bond donors (Lipinski definition) is 4. The number of carboxylic acids is 1. The maximum absolute atomic E-state index is 12.0. The van der Waals surface area contributed by atoms with Crippen LogP contribution in [0, 0.1) is 5.92 Å². The summed E-state index contributed by atoms with van der Waals surface area (Å²) in [4.78, 5) is 39.1. The fourth-order valence-corrected chi connectivity index (χ4v) is 4.31. The Labute approximate surface area is 250 Å². The van der Waals surface area contributed by atoms with Gasteiger partial charge in [-0.3, -0.25) is 9.78 Å². The first-order valence-corrected chi connectivity index (χ1v) is 15.0. The molecule has 3 rings (SSSR count). The number of hydrogen-bond acceptors (Lipinski definition) is 8. The Kier molecular flexibility index (Phi) is 15.2. The molecular formula is C32H49N7O3. The summed E-state index contributed by atoms with van der Waals surface area (Å²) in [5.74, 6) is 1.18. The normalized spacial score (nSPS) is 11.6. The van der Waals surface area contributed by atoms with E-state index in [-0.39, 0.29) is 5.91 Å². The van der Waals surface area contributed by atoms with Crippen LogP contribution in [-0.4, -0.2) is 76.1 Å². The van der Waals surface area contributed by atoms with E-state index in [0.717, 1.165) is 55.2 Å². The van der Waals surface area contributed by atoms with Crippen molar-refractivity contribution in [1.29, 1.82) is 0 Å². The van der Waals surface area contributed by atoms with Gasteiger partial charge in [-0.1, -0.05) is 45.9 Å². The third kappa shape index (κ3) is 12.8.